The van der Waals surface area contributed by atoms with Gasteiger partial charge in [-0.25, -0.2) is 22.8 Å². The first-order valence-corrected chi connectivity index (χ1v) is 9.64. The number of ether oxygens (including phenoxy) is 2. The molecule has 0 aliphatic rings. The summed E-state index contributed by atoms with van der Waals surface area (Å²) in [5, 5.41) is 4.77. The van der Waals surface area contributed by atoms with Crippen molar-refractivity contribution in [1.29, 1.82) is 0 Å². The third-order valence-electron chi connectivity index (χ3n) is 4.70. The molecule has 1 atom stereocenters. The molecule has 3 aromatic rings. The number of esters is 1. The van der Waals surface area contributed by atoms with Gasteiger partial charge in [-0.3, -0.25) is 0 Å². The predicted octanol–water partition coefficient (Wildman–Crippen LogP) is 5.17. The summed E-state index contributed by atoms with van der Waals surface area (Å²) < 4.78 is 78.0. The SMILES string of the molecule is COc1cccc(C(NC(=O)Nc2ccccc2C)C(=O)Oc2c(F)c(F)c(F)c(F)c2F)c1. The maximum Gasteiger partial charge on any atom is 0.339 e. The molecule has 0 aliphatic carbocycles. The van der Waals surface area contributed by atoms with Crippen molar-refractivity contribution in [2.24, 2.45) is 0 Å². The zero-order chi connectivity index (χ0) is 25.0. The maximum atomic E-state index is 14.0. The van der Waals surface area contributed by atoms with Crippen molar-refractivity contribution in [1.82, 2.24) is 5.32 Å². The summed E-state index contributed by atoms with van der Waals surface area (Å²) in [6.45, 7) is 1.71. The number of nitrogens with one attached hydrogen (secondary N) is 2. The van der Waals surface area contributed by atoms with Crippen molar-refractivity contribution in [3.05, 3.63) is 88.7 Å². The predicted molar refractivity (Wildman–Crippen MR) is 111 cm³/mol. The van der Waals surface area contributed by atoms with Crippen molar-refractivity contribution in [3.8, 4) is 11.5 Å². The van der Waals surface area contributed by atoms with Crippen molar-refractivity contribution in [3.63, 3.8) is 0 Å². The molecule has 0 radical (unpaired) electrons. The Labute approximate surface area is 190 Å². The van der Waals surface area contributed by atoms with Gasteiger partial charge in [0.15, 0.2) is 6.04 Å². The molecule has 0 heterocycles. The summed E-state index contributed by atoms with van der Waals surface area (Å²) in [6, 6.07) is 9.72. The number of benzene rings is 3. The van der Waals surface area contributed by atoms with Crippen LogP contribution in [0.15, 0.2) is 48.5 Å². The van der Waals surface area contributed by atoms with Gasteiger partial charge in [0.2, 0.25) is 34.8 Å². The van der Waals surface area contributed by atoms with E-state index in [2.05, 4.69) is 15.4 Å². The van der Waals surface area contributed by atoms with E-state index in [-0.39, 0.29) is 11.3 Å². The van der Waals surface area contributed by atoms with Crippen LogP contribution in [0, 0.1) is 36.0 Å². The van der Waals surface area contributed by atoms with Gasteiger partial charge in [0, 0.05) is 5.69 Å². The Morgan fingerprint density at radius 1 is 0.853 bits per heavy atom. The third kappa shape index (κ3) is 5.08. The molecule has 3 aromatic carbocycles. The quantitative estimate of drug-likeness (QED) is 0.168. The van der Waals surface area contributed by atoms with Crippen LogP contribution in [0.1, 0.15) is 17.2 Å². The summed E-state index contributed by atoms with van der Waals surface area (Å²) in [7, 11) is 1.33. The second-order valence-electron chi connectivity index (χ2n) is 6.94. The number of anilines is 1. The highest BCUT2D eigenvalue weighted by atomic mass is 19.2. The molecule has 178 valence electrons. The second kappa shape index (κ2) is 10.2. The molecule has 0 spiro atoms. The van der Waals surface area contributed by atoms with Crippen molar-refractivity contribution >= 4 is 17.7 Å². The number of methoxy groups -OCH3 is 1. The first kappa shape index (κ1) is 24.5. The number of carbonyl (C=O) groups is 2. The Morgan fingerprint density at radius 3 is 2.09 bits per heavy atom. The lowest BCUT2D eigenvalue weighted by molar-refractivity contribution is -0.137. The lowest BCUT2D eigenvalue weighted by Crippen LogP contribution is -2.39. The standard InChI is InChI=1S/C23H17F5N2O4/c1-11-6-3-4-9-14(11)29-23(32)30-20(12-7-5-8-13(10-12)33-2)22(31)34-21-18(27)16(25)15(24)17(26)19(21)28/h3-10,20H,1-2H3,(H2,29,30,32). The second-order valence-corrected chi connectivity index (χ2v) is 6.94. The summed E-state index contributed by atoms with van der Waals surface area (Å²) in [6.07, 6.45) is 0. The van der Waals surface area contributed by atoms with E-state index >= 15 is 0 Å². The van der Waals surface area contributed by atoms with Gasteiger partial charge in [-0.2, -0.15) is 8.78 Å². The van der Waals surface area contributed by atoms with E-state index in [1.807, 2.05) is 0 Å². The topological polar surface area (TPSA) is 76.7 Å². The molecule has 0 aliphatic heterocycles. The van der Waals surface area contributed by atoms with Crippen LogP contribution in [-0.2, 0) is 4.79 Å². The van der Waals surface area contributed by atoms with Gasteiger partial charge in [-0.15, -0.1) is 0 Å². The van der Waals surface area contributed by atoms with E-state index in [0.717, 1.165) is 0 Å². The van der Waals surface area contributed by atoms with Crippen LogP contribution in [0.3, 0.4) is 0 Å². The number of amides is 2. The van der Waals surface area contributed by atoms with Crippen molar-refractivity contribution in [2.75, 3.05) is 12.4 Å². The molecule has 3 rings (SSSR count). The van der Waals surface area contributed by atoms with Gasteiger partial charge in [-0.05, 0) is 36.2 Å². The molecule has 1 unspecified atom stereocenters. The smallest absolute Gasteiger partial charge is 0.339 e. The zero-order valence-electron chi connectivity index (χ0n) is 17.7. The number of hydrogen-bond acceptors (Lipinski definition) is 4. The third-order valence-corrected chi connectivity index (χ3v) is 4.70. The minimum absolute atomic E-state index is 0.0492. The van der Waals surface area contributed by atoms with Gasteiger partial charge in [0.1, 0.15) is 5.75 Å². The number of rotatable bonds is 6. The molecular weight excluding hydrogens is 463 g/mol. The van der Waals surface area contributed by atoms with E-state index in [4.69, 9.17) is 4.74 Å². The first-order chi connectivity index (χ1) is 16.1. The average Bonchev–Trinajstić information content (AvgIpc) is 2.84. The molecule has 34 heavy (non-hydrogen) atoms. The van der Waals surface area contributed by atoms with E-state index in [1.165, 1.54) is 31.4 Å². The number of aryl methyl sites for hydroxylation is 1. The Hall–Kier alpha value is -4.15. The van der Waals surface area contributed by atoms with Gasteiger partial charge in [0.25, 0.3) is 0 Å². The maximum absolute atomic E-state index is 14.0. The van der Waals surface area contributed by atoms with Crippen LogP contribution in [0.5, 0.6) is 11.5 Å². The molecular formula is C23H17F5N2O4. The first-order valence-electron chi connectivity index (χ1n) is 9.64. The highest BCUT2D eigenvalue weighted by Gasteiger charge is 2.32. The van der Waals surface area contributed by atoms with E-state index in [1.54, 1.807) is 31.2 Å². The van der Waals surface area contributed by atoms with Crippen LogP contribution in [0.25, 0.3) is 0 Å². The number of urea groups is 1. The van der Waals surface area contributed by atoms with Crippen LogP contribution in [0.4, 0.5) is 32.4 Å². The molecule has 11 heteroatoms. The number of para-hydroxylation sites is 1. The van der Waals surface area contributed by atoms with Crippen LogP contribution >= 0.6 is 0 Å². The fraction of sp³-hybridized carbons (Fsp3) is 0.130. The van der Waals surface area contributed by atoms with E-state index in [0.29, 0.717) is 11.3 Å². The average molecular weight is 480 g/mol. The van der Waals surface area contributed by atoms with Gasteiger partial charge in [-0.1, -0.05) is 30.3 Å². The molecule has 0 saturated carbocycles. The normalized spacial score (nSPS) is 11.5. The molecule has 0 fully saturated rings. The largest absolute Gasteiger partial charge is 0.497 e. The van der Waals surface area contributed by atoms with Crippen LogP contribution in [-0.4, -0.2) is 19.1 Å². The number of carbonyl (C=O) groups excluding carboxylic acids is 2. The van der Waals surface area contributed by atoms with Crippen LogP contribution in [0.2, 0.25) is 0 Å². The number of halogens is 5. The fourth-order valence-corrected chi connectivity index (χ4v) is 2.94. The molecule has 0 bridgehead atoms. The van der Waals surface area contributed by atoms with E-state index < -0.39 is 52.9 Å². The van der Waals surface area contributed by atoms with Crippen LogP contribution < -0.4 is 20.1 Å². The highest BCUT2D eigenvalue weighted by Crippen LogP contribution is 2.31. The lowest BCUT2D eigenvalue weighted by atomic mass is 10.1. The Balaban J connectivity index is 1.95. The molecule has 2 N–H and O–H groups in total. The molecule has 6 nitrogen and oxygen atoms in total. The minimum Gasteiger partial charge on any atom is -0.497 e. The summed E-state index contributed by atoms with van der Waals surface area (Å²) in [5.41, 5.74) is 1.14. The molecule has 2 amide bonds. The summed E-state index contributed by atoms with van der Waals surface area (Å²) in [4.78, 5) is 25.4. The zero-order valence-corrected chi connectivity index (χ0v) is 17.7. The summed E-state index contributed by atoms with van der Waals surface area (Å²) in [5.74, 6) is -14.7. The Morgan fingerprint density at radius 2 is 1.47 bits per heavy atom. The van der Waals surface area contributed by atoms with E-state index in [9.17, 15) is 31.5 Å². The lowest BCUT2D eigenvalue weighted by Gasteiger charge is -2.20. The summed E-state index contributed by atoms with van der Waals surface area (Å²) >= 11 is 0. The van der Waals surface area contributed by atoms with Gasteiger partial charge >= 0.3 is 12.0 Å². The Bertz CT molecular complexity index is 1220. The molecule has 0 saturated heterocycles. The van der Waals surface area contributed by atoms with Crippen molar-refractivity contribution < 1.29 is 41.0 Å². The minimum atomic E-state index is -2.41. The van der Waals surface area contributed by atoms with Crippen molar-refractivity contribution in [2.45, 2.75) is 13.0 Å². The number of hydrogen-bond donors (Lipinski definition) is 2. The Kier molecular flexibility index (Phi) is 7.34. The fourth-order valence-electron chi connectivity index (χ4n) is 2.94. The molecule has 0 aromatic heterocycles. The van der Waals surface area contributed by atoms with Gasteiger partial charge < -0.3 is 20.1 Å². The highest BCUT2D eigenvalue weighted by molar-refractivity contribution is 5.94. The van der Waals surface area contributed by atoms with Gasteiger partial charge in [0.05, 0.1) is 7.11 Å². The monoisotopic (exact) mass is 480 g/mol.